The van der Waals surface area contributed by atoms with Gasteiger partial charge >= 0.3 is 12.0 Å². The molecule has 7 heteroatoms. The van der Waals surface area contributed by atoms with Crippen molar-refractivity contribution in [2.75, 3.05) is 19.5 Å². The number of anilines is 1. The van der Waals surface area contributed by atoms with Gasteiger partial charge in [0.15, 0.2) is 5.54 Å². The molecule has 0 fully saturated rings. The lowest BCUT2D eigenvalue weighted by Crippen LogP contribution is -2.54. The average molecular weight is 307 g/mol. The first-order valence-corrected chi connectivity index (χ1v) is 7.01. The van der Waals surface area contributed by atoms with E-state index in [1.54, 1.807) is 24.3 Å². The summed E-state index contributed by atoms with van der Waals surface area (Å²) in [5.74, 6) is -1.05. The molecule has 3 amide bonds. The van der Waals surface area contributed by atoms with E-state index in [4.69, 9.17) is 0 Å². The highest BCUT2D eigenvalue weighted by Gasteiger charge is 2.49. The molecular formula is C15H21N3O4. The van der Waals surface area contributed by atoms with Crippen molar-refractivity contribution in [1.82, 2.24) is 10.6 Å². The van der Waals surface area contributed by atoms with Crippen molar-refractivity contribution in [3.8, 4) is 0 Å². The Kier molecular flexibility index (Phi) is 5.91. The lowest BCUT2D eigenvalue weighted by atomic mass is 9.88. The molecule has 22 heavy (non-hydrogen) atoms. The first-order valence-electron chi connectivity index (χ1n) is 7.01. The monoisotopic (exact) mass is 307 g/mol. The van der Waals surface area contributed by atoms with Crippen LogP contribution in [-0.2, 0) is 19.9 Å². The number of urea groups is 1. The molecule has 1 heterocycles. The molecule has 2 rings (SSSR count). The minimum absolute atomic E-state index is 0.278. The van der Waals surface area contributed by atoms with Crippen molar-refractivity contribution >= 4 is 23.6 Å². The maximum Gasteiger partial charge on any atom is 0.315 e. The van der Waals surface area contributed by atoms with Gasteiger partial charge < -0.3 is 20.7 Å². The quantitative estimate of drug-likeness (QED) is 0.734. The summed E-state index contributed by atoms with van der Waals surface area (Å²) in [6.45, 7) is 4.00. The molecule has 0 bridgehead atoms. The summed E-state index contributed by atoms with van der Waals surface area (Å²) >= 11 is 0. The number of hydrogen-bond acceptors (Lipinski definition) is 4. The molecule has 1 unspecified atom stereocenters. The summed E-state index contributed by atoms with van der Waals surface area (Å²) < 4.78 is 4.63. The number of carbonyl (C=O) groups is 3. The van der Waals surface area contributed by atoms with Crippen molar-refractivity contribution in [2.24, 2.45) is 0 Å². The first kappa shape index (κ1) is 17.5. The second kappa shape index (κ2) is 7.44. The molecule has 7 nitrogen and oxygen atoms in total. The fourth-order valence-corrected chi connectivity index (χ4v) is 2.20. The van der Waals surface area contributed by atoms with Crippen LogP contribution in [0.15, 0.2) is 24.3 Å². The Morgan fingerprint density at radius 2 is 1.91 bits per heavy atom. The Morgan fingerprint density at radius 1 is 1.27 bits per heavy atom. The molecule has 1 atom stereocenters. The van der Waals surface area contributed by atoms with Crippen LogP contribution in [0, 0.1) is 0 Å². The van der Waals surface area contributed by atoms with Gasteiger partial charge in [0.25, 0.3) is 5.91 Å². The minimum Gasteiger partial charge on any atom is -0.469 e. The largest absolute Gasteiger partial charge is 0.469 e. The zero-order valence-electron chi connectivity index (χ0n) is 13.1. The summed E-state index contributed by atoms with van der Waals surface area (Å²) in [6, 6.07) is 6.33. The number of rotatable bonds is 3. The molecule has 0 radical (unpaired) electrons. The number of carbonyl (C=O) groups excluding carboxylic acids is 3. The fraction of sp³-hybridized carbons (Fsp3) is 0.400. The van der Waals surface area contributed by atoms with Crippen LogP contribution in [0.1, 0.15) is 25.8 Å². The maximum atomic E-state index is 12.3. The van der Waals surface area contributed by atoms with Crippen LogP contribution in [-0.4, -0.2) is 32.1 Å². The lowest BCUT2D eigenvalue weighted by molar-refractivity contribution is -0.144. The number of amides is 3. The van der Waals surface area contributed by atoms with E-state index in [2.05, 4.69) is 20.7 Å². The van der Waals surface area contributed by atoms with Gasteiger partial charge in [0.1, 0.15) is 0 Å². The Hall–Kier alpha value is -2.57. The van der Waals surface area contributed by atoms with Gasteiger partial charge in [-0.25, -0.2) is 4.79 Å². The van der Waals surface area contributed by atoms with Gasteiger partial charge in [-0.2, -0.15) is 0 Å². The van der Waals surface area contributed by atoms with Crippen molar-refractivity contribution < 1.29 is 19.1 Å². The molecule has 120 valence electrons. The molecule has 0 spiro atoms. The van der Waals surface area contributed by atoms with Gasteiger partial charge in [-0.15, -0.1) is 0 Å². The van der Waals surface area contributed by atoms with Crippen LogP contribution in [0.3, 0.4) is 0 Å². The Labute approximate surface area is 129 Å². The summed E-state index contributed by atoms with van der Waals surface area (Å²) in [7, 11) is 2.66. The van der Waals surface area contributed by atoms with Gasteiger partial charge in [-0.05, 0) is 6.07 Å². The van der Waals surface area contributed by atoms with Crippen LogP contribution in [0.4, 0.5) is 10.5 Å². The van der Waals surface area contributed by atoms with E-state index in [1.807, 2.05) is 13.8 Å². The smallest absolute Gasteiger partial charge is 0.315 e. The third-order valence-electron chi connectivity index (χ3n) is 3.21. The number of fused-ring (bicyclic) bond motifs is 1. The number of para-hydroxylation sites is 1. The Balaban J connectivity index is 0.00000116. The highest BCUT2D eigenvalue weighted by molar-refractivity contribution is 6.09. The standard InChI is InChI=1S/C13H15N3O4.C2H6/c1-14-12(19)16-13(7-10(17)20-2)8-5-3-4-6-9(8)15-11(13)18;1-2/h3-6H,7H2,1-2H3,(H,15,18)(H2,14,16,19);1-2H3. The predicted octanol–water partition coefficient (Wildman–Crippen LogP) is 1.35. The van der Waals surface area contributed by atoms with E-state index in [-0.39, 0.29) is 6.42 Å². The molecule has 1 aliphatic heterocycles. The first-order chi connectivity index (χ1) is 10.5. The molecule has 0 aliphatic carbocycles. The topological polar surface area (TPSA) is 96.5 Å². The number of hydrogen-bond donors (Lipinski definition) is 3. The maximum absolute atomic E-state index is 12.3. The van der Waals surface area contributed by atoms with Gasteiger partial charge in [0.2, 0.25) is 0 Å². The van der Waals surface area contributed by atoms with Gasteiger partial charge in [0.05, 0.1) is 13.5 Å². The summed E-state index contributed by atoms with van der Waals surface area (Å²) in [5.41, 5.74) is -0.346. The third-order valence-corrected chi connectivity index (χ3v) is 3.21. The fourth-order valence-electron chi connectivity index (χ4n) is 2.20. The van der Waals surface area contributed by atoms with E-state index in [1.165, 1.54) is 14.2 Å². The van der Waals surface area contributed by atoms with Crippen LogP contribution < -0.4 is 16.0 Å². The van der Waals surface area contributed by atoms with Gasteiger partial charge in [-0.1, -0.05) is 32.0 Å². The minimum atomic E-state index is -1.45. The van der Waals surface area contributed by atoms with E-state index >= 15 is 0 Å². The average Bonchev–Trinajstić information content (AvgIpc) is 2.81. The molecule has 3 N–H and O–H groups in total. The van der Waals surface area contributed by atoms with Crippen LogP contribution >= 0.6 is 0 Å². The number of ether oxygens (including phenoxy) is 1. The second-order valence-electron chi connectivity index (χ2n) is 4.36. The molecule has 1 aromatic rings. The highest BCUT2D eigenvalue weighted by Crippen LogP contribution is 2.38. The van der Waals surface area contributed by atoms with E-state index < -0.39 is 23.4 Å². The summed E-state index contributed by atoms with van der Waals surface area (Å²) in [5, 5.41) is 7.59. The number of benzene rings is 1. The molecule has 0 aromatic heterocycles. The lowest BCUT2D eigenvalue weighted by Gasteiger charge is -2.27. The van der Waals surface area contributed by atoms with Crippen molar-refractivity contribution in [2.45, 2.75) is 25.8 Å². The summed E-state index contributed by atoms with van der Waals surface area (Å²) in [4.78, 5) is 35.6. The SMILES string of the molecule is CC.CNC(=O)NC1(CC(=O)OC)C(=O)Nc2ccccc21. The van der Waals surface area contributed by atoms with Crippen molar-refractivity contribution in [3.05, 3.63) is 29.8 Å². The number of methoxy groups -OCH3 is 1. The molecular weight excluding hydrogens is 286 g/mol. The van der Waals surface area contributed by atoms with Crippen molar-refractivity contribution in [1.29, 1.82) is 0 Å². The van der Waals surface area contributed by atoms with E-state index in [0.717, 1.165) is 0 Å². The number of esters is 1. The molecule has 1 aromatic carbocycles. The van der Waals surface area contributed by atoms with Crippen LogP contribution in [0.2, 0.25) is 0 Å². The van der Waals surface area contributed by atoms with Crippen LogP contribution in [0.5, 0.6) is 0 Å². The molecule has 0 saturated heterocycles. The third kappa shape index (κ3) is 3.19. The van der Waals surface area contributed by atoms with Crippen molar-refractivity contribution in [3.63, 3.8) is 0 Å². The zero-order chi connectivity index (χ0) is 16.8. The molecule has 1 aliphatic rings. The zero-order valence-corrected chi connectivity index (χ0v) is 13.1. The van der Waals surface area contributed by atoms with E-state index in [0.29, 0.717) is 11.3 Å². The second-order valence-corrected chi connectivity index (χ2v) is 4.36. The highest BCUT2D eigenvalue weighted by atomic mass is 16.5. The van der Waals surface area contributed by atoms with Gasteiger partial charge in [-0.3, -0.25) is 9.59 Å². The molecule has 0 saturated carbocycles. The Morgan fingerprint density at radius 3 is 2.50 bits per heavy atom. The van der Waals surface area contributed by atoms with E-state index in [9.17, 15) is 14.4 Å². The number of nitrogens with one attached hydrogen (secondary N) is 3. The predicted molar refractivity (Wildman–Crippen MR) is 82.3 cm³/mol. The van der Waals surface area contributed by atoms with Gasteiger partial charge in [0, 0.05) is 18.3 Å². The Bertz CT molecular complexity index is 554. The van der Waals surface area contributed by atoms with Crippen LogP contribution in [0.25, 0.3) is 0 Å². The summed E-state index contributed by atoms with van der Waals surface area (Å²) in [6.07, 6.45) is -0.278. The normalized spacial score (nSPS) is 18.3.